The number of aryl methyl sites for hydroxylation is 2. The van der Waals surface area contributed by atoms with E-state index in [9.17, 15) is 10.0 Å². The van der Waals surface area contributed by atoms with Crippen molar-refractivity contribution in [2.75, 3.05) is 23.9 Å². The minimum atomic E-state index is -0.870. The molecule has 1 fully saturated rings. The van der Waals surface area contributed by atoms with Gasteiger partial charge >= 0.3 is 0 Å². The molecule has 1 aliphatic heterocycles. The van der Waals surface area contributed by atoms with E-state index in [-0.39, 0.29) is 5.91 Å². The Bertz CT molecular complexity index is 1390. The summed E-state index contributed by atoms with van der Waals surface area (Å²) in [7, 11) is 1.57. The summed E-state index contributed by atoms with van der Waals surface area (Å²) in [6.07, 6.45) is 4.75. The molecule has 0 spiro atoms. The fourth-order valence-corrected chi connectivity index (χ4v) is 5.36. The number of hydrogen-bond donors (Lipinski definition) is 2. The van der Waals surface area contributed by atoms with Gasteiger partial charge in [-0.3, -0.25) is 4.79 Å². The zero-order valence-electron chi connectivity index (χ0n) is 22.4. The van der Waals surface area contributed by atoms with Crippen LogP contribution < -0.4 is 15.0 Å². The normalized spacial score (nSPS) is 17.9. The molecule has 1 heterocycles. The summed E-state index contributed by atoms with van der Waals surface area (Å²) in [5.41, 5.74) is 6.14. The maximum atomic E-state index is 13.6. The van der Waals surface area contributed by atoms with Crippen molar-refractivity contribution in [1.82, 2.24) is 0 Å². The molecule has 3 aromatic carbocycles. The van der Waals surface area contributed by atoms with Gasteiger partial charge in [-0.15, -0.1) is 0 Å². The Hall–Kier alpha value is -4.33. The molecule has 0 aromatic heterocycles. The molecule has 1 saturated heterocycles. The second-order valence-corrected chi connectivity index (χ2v) is 9.92. The number of ether oxygens (including phenoxy) is 1. The van der Waals surface area contributed by atoms with Crippen molar-refractivity contribution in [3.63, 3.8) is 0 Å². The first-order chi connectivity index (χ1) is 19.1. The van der Waals surface area contributed by atoms with Crippen LogP contribution in [0.1, 0.15) is 60.5 Å². The number of amidine groups is 1. The van der Waals surface area contributed by atoms with Crippen molar-refractivity contribution in [2.24, 2.45) is 10.3 Å². The smallest absolute Gasteiger partial charge is 0.270 e. The molecule has 1 aliphatic carbocycles. The number of rotatable bonds is 7. The average molecular weight is 527 g/mol. The first-order valence-corrected chi connectivity index (χ1v) is 13.4. The number of fused-ring (bicyclic) bond motifs is 1. The highest BCUT2D eigenvalue weighted by Crippen LogP contribution is 2.31. The summed E-state index contributed by atoms with van der Waals surface area (Å²) in [4.78, 5) is 20.9. The van der Waals surface area contributed by atoms with Gasteiger partial charge < -0.3 is 25.0 Å². The number of benzene rings is 3. The SMILES string of the molecule is CO/N=C1\CCCCN1c1ccc(NC(=O)C(Oc2ccc3c(c2)/C(=N/O)CCC3)c2ccccc2)cc1C. The van der Waals surface area contributed by atoms with E-state index in [4.69, 9.17) is 9.57 Å². The first-order valence-electron chi connectivity index (χ1n) is 13.4. The Morgan fingerprint density at radius 3 is 2.62 bits per heavy atom. The highest BCUT2D eigenvalue weighted by Gasteiger charge is 2.25. The Morgan fingerprint density at radius 1 is 1.00 bits per heavy atom. The lowest BCUT2D eigenvalue weighted by Crippen LogP contribution is -2.36. The largest absolute Gasteiger partial charge is 0.476 e. The van der Waals surface area contributed by atoms with Gasteiger partial charge in [0.15, 0.2) is 0 Å². The molecule has 1 atom stereocenters. The lowest BCUT2D eigenvalue weighted by molar-refractivity contribution is -0.123. The van der Waals surface area contributed by atoms with E-state index in [0.717, 1.165) is 72.4 Å². The fraction of sp³-hybridized carbons (Fsp3) is 0.323. The third-order valence-electron chi connectivity index (χ3n) is 7.26. The molecule has 2 N–H and O–H groups in total. The molecule has 0 radical (unpaired) electrons. The van der Waals surface area contributed by atoms with E-state index in [0.29, 0.717) is 23.6 Å². The van der Waals surface area contributed by atoms with Crippen LogP contribution in [-0.4, -0.2) is 36.3 Å². The van der Waals surface area contributed by atoms with E-state index in [2.05, 4.69) is 20.5 Å². The van der Waals surface area contributed by atoms with Crippen LogP contribution in [0.15, 0.2) is 77.0 Å². The minimum Gasteiger partial charge on any atom is -0.476 e. The van der Waals surface area contributed by atoms with E-state index in [1.54, 1.807) is 7.11 Å². The van der Waals surface area contributed by atoms with Crippen LogP contribution in [-0.2, 0) is 16.1 Å². The Balaban J connectivity index is 1.38. The molecule has 3 aromatic rings. The van der Waals surface area contributed by atoms with E-state index in [1.807, 2.05) is 73.7 Å². The molecule has 2 aliphatic rings. The summed E-state index contributed by atoms with van der Waals surface area (Å²) < 4.78 is 6.30. The molecule has 202 valence electrons. The molecule has 1 amide bonds. The standard InChI is InChI=1S/C31H34N4O4/c1-21-19-24(15-17-28(21)35-18-7-6-13-29(35)34-38-2)32-31(36)30(23-9-4-3-5-10-23)39-25-16-14-22-11-8-12-27(33-37)26(22)20-25/h3-5,9-10,14-17,19-20,30,37H,6-8,11-13,18H2,1-2H3,(H,32,36)/b33-27+,34-29+. The van der Waals surface area contributed by atoms with Gasteiger partial charge in [0, 0.05) is 35.5 Å². The Kier molecular flexibility index (Phi) is 8.10. The summed E-state index contributed by atoms with van der Waals surface area (Å²) in [6.45, 7) is 2.91. The van der Waals surface area contributed by atoms with Crippen LogP contribution in [0.5, 0.6) is 5.75 Å². The fourth-order valence-electron chi connectivity index (χ4n) is 5.36. The summed E-state index contributed by atoms with van der Waals surface area (Å²) >= 11 is 0. The number of hydrogen-bond acceptors (Lipinski definition) is 6. The van der Waals surface area contributed by atoms with Crippen molar-refractivity contribution in [2.45, 2.75) is 51.6 Å². The number of nitrogens with zero attached hydrogens (tertiary/aromatic N) is 3. The number of anilines is 2. The first kappa shape index (κ1) is 26.3. The average Bonchev–Trinajstić information content (AvgIpc) is 2.96. The number of carbonyl (C=O) groups excluding carboxylic acids is 1. The predicted octanol–water partition coefficient (Wildman–Crippen LogP) is 6.22. The third kappa shape index (κ3) is 5.90. The molecular formula is C31H34N4O4. The molecule has 1 unspecified atom stereocenters. The van der Waals surface area contributed by atoms with Crippen LogP contribution in [0.2, 0.25) is 0 Å². The highest BCUT2D eigenvalue weighted by atomic mass is 16.6. The number of piperidine rings is 1. The number of nitrogens with one attached hydrogen (secondary N) is 1. The summed E-state index contributed by atoms with van der Waals surface area (Å²) in [5, 5.41) is 20.2. The quantitative estimate of drug-likeness (QED) is 0.282. The van der Waals surface area contributed by atoms with Gasteiger partial charge in [0.25, 0.3) is 5.91 Å². The van der Waals surface area contributed by atoms with Crippen molar-refractivity contribution in [3.05, 3.63) is 89.0 Å². The van der Waals surface area contributed by atoms with Crippen molar-refractivity contribution in [3.8, 4) is 5.75 Å². The third-order valence-corrected chi connectivity index (χ3v) is 7.26. The monoisotopic (exact) mass is 526 g/mol. The van der Waals surface area contributed by atoms with Gasteiger partial charge in [-0.25, -0.2) is 0 Å². The van der Waals surface area contributed by atoms with Gasteiger partial charge in [-0.1, -0.05) is 46.7 Å². The van der Waals surface area contributed by atoms with Crippen LogP contribution in [0.25, 0.3) is 0 Å². The molecule has 8 heteroatoms. The molecule has 0 saturated carbocycles. The van der Waals surface area contributed by atoms with Crippen LogP contribution >= 0.6 is 0 Å². The zero-order valence-corrected chi connectivity index (χ0v) is 22.4. The Morgan fingerprint density at radius 2 is 1.85 bits per heavy atom. The summed E-state index contributed by atoms with van der Waals surface area (Å²) in [6, 6.07) is 21.1. The molecular weight excluding hydrogens is 492 g/mol. The predicted molar refractivity (Wildman–Crippen MR) is 153 cm³/mol. The summed E-state index contributed by atoms with van der Waals surface area (Å²) in [5.74, 6) is 1.18. The Labute approximate surface area is 228 Å². The topological polar surface area (TPSA) is 95.8 Å². The van der Waals surface area contributed by atoms with Gasteiger partial charge in [-0.2, -0.15) is 0 Å². The maximum Gasteiger partial charge on any atom is 0.270 e. The molecule has 39 heavy (non-hydrogen) atoms. The minimum absolute atomic E-state index is 0.276. The highest BCUT2D eigenvalue weighted by molar-refractivity contribution is 6.03. The van der Waals surface area contributed by atoms with Crippen LogP contribution in [0.4, 0.5) is 11.4 Å². The van der Waals surface area contributed by atoms with Crippen LogP contribution in [0, 0.1) is 6.92 Å². The lowest BCUT2D eigenvalue weighted by Gasteiger charge is -2.31. The van der Waals surface area contributed by atoms with Crippen molar-refractivity contribution < 1.29 is 19.6 Å². The molecule has 5 rings (SSSR count). The van der Waals surface area contributed by atoms with E-state index >= 15 is 0 Å². The maximum absolute atomic E-state index is 13.6. The van der Waals surface area contributed by atoms with Gasteiger partial charge in [0.05, 0.1) is 5.71 Å². The van der Waals surface area contributed by atoms with Gasteiger partial charge in [0.2, 0.25) is 6.10 Å². The van der Waals surface area contributed by atoms with Crippen molar-refractivity contribution in [1.29, 1.82) is 0 Å². The second-order valence-electron chi connectivity index (χ2n) is 9.92. The van der Waals surface area contributed by atoms with Gasteiger partial charge in [0.1, 0.15) is 18.7 Å². The lowest BCUT2D eigenvalue weighted by atomic mass is 9.90. The molecule has 0 bridgehead atoms. The number of carbonyl (C=O) groups is 1. The van der Waals surface area contributed by atoms with E-state index < -0.39 is 6.10 Å². The van der Waals surface area contributed by atoms with E-state index in [1.165, 1.54) is 0 Å². The van der Waals surface area contributed by atoms with Crippen LogP contribution in [0.3, 0.4) is 0 Å². The van der Waals surface area contributed by atoms with Crippen molar-refractivity contribution >= 4 is 28.8 Å². The number of oxime groups is 2. The molecule has 8 nitrogen and oxygen atoms in total. The number of amides is 1. The van der Waals surface area contributed by atoms with Gasteiger partial charge in [-0.05, 0) is 80.5 Å². The second kappa shape index (κ2) is 12.0. The zero-order chi connectivity index (χ0) is 27.2.